The van der Waals surface area contributed by atoms with Crippen molar-refractivity contribution in [3.8, 4) is 22.6 Å². The number of hydrogen-bond acceptors (Lipinski definition) is 6. The number of carbonyl (C=O) groups excluding carboxylic acids is 1. The lowest BCUT2D eigenvalue weighted by molar-refractivity contribution is -0.153. The first kappa shape index (κ1) is 24.1. The Bertz CT molecular complexity index is 1090. The molecule has 174 valence electrons. The molecule has 2 N–H and O–H groups in total. The van der Waals surface area contributed by atoms with E-state index in [0.29, 0.717) is 36.5 Å². The van der Waals surface area contributed by atoms with Gasteiger partial charge in [-0.2, -0.15) is 0 Å². The van der Waals surface area contributed by atoms with Crippen LogP contribution >= 0.6 is 0 Å². The van der Waals surface area contributed by atoms with E-state index in [1.165, 1.54) is 0 Å². The zero-order valence-electron chi connectivity index (χ0n) is 19.0. The molecule has 0 aliphatic carbocycles. The number of esters is 1. The van der Waals surface area contributed by atoms with Gasteiger partial charge in [-0.25, -0.2) is 13.6 Å². The highest BCUT2D eigenvalue weighted by Crippen LogP contribution is 2.48. The van der Waals surface area contributed by atoms with E-state index >= 15 is 0 Å². The fourth-order valence-electron chi connectivity index (χ4n) is 4.06. The molecule has 0 spiro atoms. The smallest absolute Gasteiger partial charge is 0.311 e. The molecule has 1 heterocycles. The third-order valence-electron chi connectivity index (χ3n) is 5.67. The summed E-state index contributed by atoms with van der Waals surface area (Å²) >= 11 is 0. The third kappa shape index (κ3) is 5.42. The molecule has 0 fully saturated rings. The molecule has 0 saturated heterocycles. The molecule has 0 amide bonds. The predicted molar refractivity (Wildman–Crippen MR) is 123 cm³/mol. The first-order chi connectivity index (χ1) is 15.1. The van der Waals surface area contributed by atoms with E-state index < -0.39 is 15.4 Å². The number of benzene rings is 2. The van der Waals surface area contributed by atoms with Gasteiger partial charge in [-0.1, -0.05) is 24.3 Å². The van der Waals surface area contributed by atoms with Crippen molar-refractivity contribution < 1.29 is 27.4 Å². The summed E-state index contributed by atoms with van der Waals surface area (Å²) in [5.74, 6) is 0.938. The normalized spacial score (nSPS) is 15.3. The monoisotopic (exact) mass is 461 g/mol. The van der Waals surface area contributed by atoms with Gasteiger partial charge in [0.1, 0.15) is 17.6 Å². The number of rotatable bonds is 9. The standard InChI is InChI=1S/C24H31NO6S/c1-5-30-23(26)24(2,3)13-7-10-19-18-14-16(15-32(25,27)28)11-12-17(18)22-20(29-4)8-6-9-21(22)31-19/h6,8-9,11-12,14,19H,5,7,10,13,15H2,1-4H3,(H2,25,27,28). The summed E-state index contributed by atoms with van der Waals surface area (Å²) in [6, 6.07) is 11.2. The van der Waals surface area contributed by atoms with Gasteiger partial charge in [0.2, 0.25) is 10.0 Å². The van der Waals surface area contributed by atoms with E-state index in [2.05, 4.69) is 0 Å². The molecule has 1 aliphatic rings. The van der Waals surface area contributed by atoms with Crippen LogP contribution in [0.3, 0.4) is 0 Å². The maximum absolute atomic E-state index is 12.2. The molecule has 7 nitrogen and oxygen atoms in total. The van der Waals surface area contributed by atoms with Crippen LogP contribution in [0.1, 0.15) is 57.3 Å². The van der Waals surface area contributed by atoms with Crippen LogP contribution in [-0.4, -0.2) is 28.1 Å². The maximum Gasteiger partial charge on any atom is 0.311 e. The van der Waals surface area contributed by atoms with Crippen LogP contribution in [0, 0.1) is 5.41 Å². The number of nitrogens with two attached hydrogens (primary N) is 1. The zero-order valence-corrected chi connectivity index (χ0v) is 19.8. The van der Waals surface area contributed by atoms with Gasteiger partial charge < -0.3 is 14.2 Å². The summed E-state index contributed by atoms with van der Waals surface area (Å²) in [6.07, 6.45) is 1.74. The molecule has 2 aromatic rings. The summed E-state index contributed by atoms with van der Waals surface area (Å²) < 4.78 is 40.3. The van der Waals surface area contributed by atoms with Crippen LogP contribution in [0.4, 0.5) is 0 Å². The van der Waals surface area contributed by atoms with Crippen LogP contribution in [0.15, 0.2) is 36.4 Å². The largest absolute Gasteiger partial charge is 0.496 e. The minimum atomic E-state index is -3.66. The Hall–Kier alpha value is -2.58. The van der Waals surface area contributed by atoms with Crippen molar-refractivity contribution >= 4 is 16.0 Å². The molecule has 0 aromatic heterocycles. The Morgan fingerprint density at radius 3 is 2.62 bits per heavy atom. The van der Waals surface area contributed by atoms with Crippen molar-refractivity contribution in [1.29, 1.82) is 0 Å². The van der Waals surface area contributed by atoms with Crippen LogP contribution in [0.5, 0.6) is 11.5 Å². The van der Waals surface area contributed by atoms with Gasteiger partial charge in [-0.15, -0.1) is 0 Å². The Balaban J connectivity index is 1.91. The molecule has 2 aromatic carbocycles. The van der Waals surface area contributed by atoms with Crippen LogP contribution < -0.4 is 14.6 Å². The molecular weight excluding hydrogens is 430 g/mol. The van der Waals surface area contributed by atoms with Crippen molar-refractivity contribution in [1.82, 2.24) is 0 Å². The number of primary sulfonamides is 1. The first-order valence-electron chi connectivity index (χ1n) is 10.7. The number of hydrogen-bond donors (Lipinski definition) is 1. The molecule has 3 rings (SSSR count). The van der Waals surface area contributed by atoms with Gasteiger partial charge >= 0.3 is 5.97 Å². The number of carbonyl (C=O) groups is 1. The Labute approximate surface area is 189 Å². The van der Waals surface area contributed by atoms with Gasteiger partial charge in [0.05, 0.1) is 30.4 Å². The Kier molecular flexibility index (Phi) is 7.15. The highest BCUT2D eigenvalue weighted by molar-refractivity contribution is 7.88. The van der Waals surface area contributed by atoms with E-state index in [1.54, 1.807) is 20.1 Å². The molecule has 1 atom stereocenters. The summed E-state index contributed by atoms with van der Waals surface area (Å²) in [5, 5.41) is 5.26. The average Bonchev–Trinajstić information content (AvgIpc) is 2.72. The summed E-state index contributed by atoms with van der Waals surface area (Å²) in [6.45, 7) is 5.91. The first-order valence-corrected chi connectivity index (χ1v) is 12.4. The second kappa shape index (κ2) is 9.50. The minimum absolute atomic E-state index is 0.213. The quantitative estimate of drug-likeness (QED) is 0.557. The minimum Gasteiger partial charge on any atom is -0.496 e. The predicted octanol–water partition coefficient (Wildman–Crippen LogP) is 4.34. The molecule has 1 aliphatic heterocycles. The van der Waals surface area contributed by atoms with Gasteiger partial charge in [-0.05, 0) is 63.3 Å². The van der Waals surface area contributed by atoms with Crippen molar-refractivity contribution in [3.05, 3.63) is 47.5 Å². The fraction of sp³-hybridized carbons (Fsp3) is 0.458. The van der Waals surface area contributed by atoms with Gasteiger partial charge in [0.25, 0.3) is 0 Å². The van der Waals surface area contributed by atoms with E-state index in [9.17, 15) is 13.2 Å². The number of fused-ring (bicyclic) bond motifs is 3. The second-order valence-electron chi connectivity index (χ2n) is 8.67. The van der Waals surface area contributed by atoms with Crippen molar-refractivity contribution in [2.24, 2.45) is 10.6 Å². The van der Waals surface area contributed by atoms with E-state index in [0.717, 1.165) is 23.1 Å². The third-order valence-corrected chi connectivity index (χ3v) is 6.41. The van der Waals surface area contributed by atoms with E-state index in [4.69, 9.17) is 19.3 Å². The summed E-state index contributed by atoms with van der Waals surface area (Å²) in [5.41, 5.74) is 2.68. The topological polar surface area (TPSA) is 105 Å². The second-order valence-corrected chi connectivity index (χ2v) is 10.3. The van der Waals surface area contributed by atoms with Gasteiger partial charge in [0.15, 0.2) is 0 Å². The summed E-state index contributed by atoms with van der Waals surface area (Å²) in [4.78, 5) is 12.2. The summed E-state index contributed by atoms with van der Waals surface area (Å²) in [7, 11) is -2.06. The van der Waals surface area contributed by atoms with E-state index in [1.807, 2.05) is 44.2 Å². The van der Waals surface area contributed by atoms with Crippen LogP contribution in [-0.2, 0) is 25.3 Å². The van der Waals surface area contributed by atoms with Crippen LogP contribution in [0.25, 0.3) is 11.1 Å². The molecule has 32 heavy (non-hydrogen) atoms. The molecule has 0 saturated carbocycles. The number of sulfonamides is 1. The van der Waals surface area contributed by atoms with E-state index in [-0.39, 0.29) is 17.8 Å². The lowest BCUT2D eigenvalue weighted by Crippen LogP contribution is -2.27. The average molecular weight is 462 g/mol. The molecule has 1 unspecified atom stereocenters. The van der Waals surface area contributed by atoms with Crippen molar-refractivity contribution in [3.63, 3.8) is 0 Å². The van der Waals surface area contributed by atoms with Gasteiger partial charge in [0, 0.05) is 5.56 Å². The number of ether oxygens (including phenoxy) is 3. The fourth-order valence-corrected chi connectivity index (χ4v) is 4.71. The zero-order chi connectivity index (χ0) is 23.5. The molecule has 0 radical (unpaired) electrons. The highest BCUT2D eigenvalue weighted by atomic mass is 32.2. The number of methoxy groups -OCH3 is 1. The molecular formula is C24H31NO6S. The molecule has 8 heteroatoms. The van der Waals surface area contributed by atoms with Crippen LogP contribution in [0.2, 0.25) is 0 Å². The van der Waals surface area contributed by atoms with Crippen molar-refractivity contribution in [2.75, 3.05) is 13.7 Å². The lowest BCUT2D eigenvalue weighted by atomic mass is 9.84. The van der Waals surface area contributed by atoms with Crippen molar-refractivity contribution in [2.45, 2.75) is 51.9 Å². The Morgan fingerprint density at radius 2 is 1.97 bits per heavy atom. The van der Waals surface area contributed by atoms with Gasteiger partial charge in [-0.3, -0.25) is 4.79 Å². The SMILES string of the molecule is CCOC(=O)C(C)(C)CCCC1Oc2cccc(OC)c2-c2ccc(CS(N)(=O)=O)cc21. The highest BCUT2D eigenvalue weighted by Gasteiger charge is 2.32. The Morgan fingerprint density at radius 1 is 1.22 bits per heavy atom. The maximum atomic E-state index is 12.2. The molecule has 0 bridgehead atoms. The lowest BCUT2D eigenvalue weighted by Gasteiger charge is -2.31.